The molecule has 3 atom stereocenters. The third kappa shape index (κ3) is 4.15. The highest BCUT2D eigenvalue weighted by Gasteiger charge is 2.74. The fourth-order valence-corrected chi connectivity index (χ4v) is 9.24. The second-order valence-electron chi connectivity index (χ2n) is 11.1. The van der Waals surface area contributed by atoms with Crippen molar-refractivity contribution in [3.8, 4) is 0 Å². The van der Waals surface area contributed by atoms with Crippen LogP contribution in [0.2, 0.25) is 0 Å². The van der Waals surface area contributed by atoms with Gasteiger partial charge < -0.3 is 9.80 Å². The summed E-state index contributed by atoms with van der Waals surface area (Å²) in [5, 5.41) is 0. The highest BCUT2D eigenvalue weighted by Crippen LogP contribution is 2.57. The molecule has 0 aromatic heterocycles. The van der Waals surface area contributed by atoms with Gasteiger partial charge in [-0.3, -0.25) is 9.59 Å². The van der Waals surface area contributed by atoms with Crippen LogP contribution in [0.25, 0.3) is 0 Å². The van der Waals surface area contributed by atoms with Gasteiger partial charge in [-0.2, -0.15) is 26.3 Å². The van der Waals surface area contributed by atoms with Gasteiger partial charge in [0.15, 0.2) is 9.84 Å². The van der Waals surface area contributed by atoms with E-state index in [9.17, 15) is 48.7 Å². The smallest absolute Gasteiger partial charge is 0.336 e. The molecule has 2 aromatic rings. The Labute approximate surface area is 237 Å². The second kappa shape index (κ2) is 9.68. The average Bonchev–Trinajstić information content (AvgIpc) is 3.47. The van der Waals surface area contributed by atoms with Gasteiger partial charge in [-0.15, -0.1) is 0 Å². The number of carbonyl (C=O) groups excluding carboxylic acids is 2. The summed E-state index contributed by atoms with van der Waals surface area (Å²) in [5.74, 6) is -0.733. The highest BCUT2D eigenvalue weighted by atomic mass is 32.2. The minimum atomic E-state index is -6.33. The maximum Gasteiger partial charge on any atom is 0.435 e. The zero-order valence-corrected chi connectivity index (χ0v) is 23.3. The molecule has 2 saturated heterocycles. The predicted octanol–water partition coefficient (Wildman–Crippen LogP) is 5.12. The van der Waals surface area contributed by atoms with E-state index < -0.39 is 56.2 Å². The standard InChI is InChI=1S/C28H27F7N2O4S/c1-16-4-3-5-19(14-16)42(40,41)25-12-13-37(24(39)21-9-11-23(38)36(21)2)22(25)10-6-17-15-18(7-8-20(17)25)26(29,27(30,31)32)28(33,34)35/h3-5,7-8,14-15,21-22H,6,9-13H2,1-2H3/t21-,22?,25?/m0/s1. The summed E-state index contributed by atoms with van der Waals surface area (Å²) in [5.41, 5.74) is -7.02. The molecule has 0 N–H and O–H groups in total. The molecule has 0 radical (unpaired) electrons. The van der Waals surface area contributed by atoms with E-state index in [0.29, 0.717) is 17.7 Å². The van der Waals surface area contributed by atoms with Gasteiger partial charge >= 0.3 is 18.0 Å². The van der Waals surface area contributed by atoms with Crippen LogP contribution in [0.5, 0.6) is 0 Å². The normalized spacial score (nSPS) is 25.0. The zero-order valence-electron chi connectivity index (χ0n) is 22.5. The third-order valence-corrected chi connectivity index (χ3v) is 11.4. The van der Waals surface area contributed by atoms with E-state index in [1.54, 1.807) is 13.0 Å². The molecule has 2 aliphatic heterocycles. The molecule has 228 valence electrons. The molecule has 14 heteroatoms. The van der Waals surface area contributed by atoms with Crippen molar-refractivity contribution in [2.75, 3.05) is 13.6 Å². The van der Waals surface area contributed by atoms with Crippen molar-refractivity contribution in [1.29, 1.82) is 0 Å². The second-order valence-corrected chi connectivity index (χ2v) is 13.3. The first-order valence-corrected chi connectivity index (χ1v) is 14.7. The van der Waals surface area contributed by atoms with E-state index in [1.165, 1.54) is 35.0 Å². The number of likely N-dealkylation sites (tertiary alicyclic amines) is 2. The molecule has 5 rings (SSSR count). The minimum absolute atomic E-state index is 0.0677. The number of sulfone groups is 1. The summed E-state index contributed by atoms with van der Waals surface area (Å²) >= 11 is 0. The van der Waals surface area contributed by atoms with E-state index in [2.05, 4.69) is 0 Å². The number of hydrogen-bond donors (Lipinski definition) is 0. The summed E-state index contributed by atoms with van der Waals surface area (Å²) in [7, 11) is -2.96. The fourth-order valence-electron chi connectivity index (χ4n) is 6.77. The number of amides is 2. The Kier molecular flexibility index (Phi) is 6.98. The lowest BCUT2D eigenvalue weighted by atomic mass is 9.76. The minimum Gasteiger partial charge on any atom is -0.336 e. The van der Waals surface area contributed by atoms with Gasteiger partial charge in [0, 0.05) is 25.6 Å². The molecule has 0 bridgehead atoms. The van der Waals surface area contributed by atoms with Gasteiger partial charge in [-0.25, -0.2) is 12.8 Å². The first-order chi connectivity index (χ1) is 19.4. The van der Waals surface area contributed by atoms with Crippen LogP contribution in [-0.2, 0) is 36.3 Å². The van der Waals surface area contributed by atoms with Crippen molar-refractivity contribution in [3.63, 3.8) is 0 Å². The summed E-state index contributed by atoms with van der Waals surface area (Å²) in [6.07, 6.45) is -12.8. The lowest BCUT2D eigenvalue weighted by molar-refractivity contribution is -0.348. The molecule has 2 fully saturated rings. The van der Waals surface area contributed by atoms with Crippen LogP contribution < -0.4 is 0 Å². The van der Waals surface area contributed by atoms with Gasteiger partial charge in [0.2, 0.25) is 11.8 Å². The maximum atomic E-state index is 15.0. The highest BCUT2D eigenvalue weighted by molar-refractivity contribution is 7.92. The van der Waals surface area contributed by atoms with Gasteiger partial charge in [-0.05, 0) is 61.4 Å². The largest absolute Gasteiger partial charge is 0.435 e. The topological polar surface area (TPSA) is 74.8 Å². The van der Waals surface area contributed by atoms with Crippen molar-refractivity contribution in [2.24, 2.45) is 0 Å². The third-order valence-electron chi connectivity index (χ3n) is 8.91. The lowest BCUT2D eigenvalue weighted by Gasteiger charge is -2.43. The fraction of sp³-hybridized carbons (Fsp3) is 0.500. The molecule has 2 amide bonds. The monoisotopic (exact) mass is 620 g/mol. The van der Waals surface area contributed by atoms with E-state index in [4.69, 9.17) is 0 Å². The lowest BCUT2D eigenvalue weighted by Crippen LogP contribution is -2.55. The van der Waals surface area contributed by atoms with Crippen molar-refractivity contribution < 1.29 is 48.7 Å². The molecule has 0 spiro atoms. The molecule has 3 aliphatic rings. The number of nitrogens with zero attached hydrogens (tertiary/aromatic N) is 2. The van der Waals surface area contributed by atoms with Crippen LogP contribution in [-0.4, -0.2) is 68.1 Å². The SMILES string of the molecule is Cc1cccc(S(=O)(=O)C23CCN(C(=O)[C@@H]4CCC(=O)N4C)C2CCc2cc(C(F)(C(F)(F)F)C(F)(F)F)ccc23)c1. The molecule has 2 heterocycles. The van der Waals surface area contributed by atoms with Crippen molar-refractivity contribution in [3.05, 3.63) is 64.7 Å². The Bertz CT molecular complexity index is 1540. The van der Waals surface area contributed by atoms with Gasteiger partial charge in [0.1, 0.15) is 10.8 Å². The van der Waals surface area contributed by atoms with Crippen LogP contribution >= 0.6 is 0 Å². The number of rotatable bonds is 4. The van der Waals surface area contributed by atoms with Crippen LogP contribution in [0.3, 0.4) is 0 Å². The Balaban J connectivity index is 1.69. The first-order valence-electron chi connectivity index (χ1n) is 13.2. The van der Waals surface area contributed by atoms with Crippen molar-refractivity contribution in [2.45, 2.75) is 78.8 Å². The van der Waals surface area contributed by atoms with Gasteiger partial charge in [0.25, 0.3) is 0 Å². The summed E-state index contributed by atoms with van der Waals surface area (Å²) in [6, 6.07) is 5.65. The predicted molar refractivity (Wildman–Crippen MR) is 136 cm³/mol. The van der Waals surface area contributed by atoms with E-state index in [1.807, 2.05) is 0 Å². The Hall–Kier alpha value is -3.16. The van der Waals surface area contributed by atoms with Crippen LogP contribution in [0.4, 0.5) is 30.7 Å². The van der Waals surface area contributed by atoms with Crippen LogP contribution in [0, 0.1) is 6.92 Å². The van der Waals surface area contributed by atoms with Gasteiger partial charge in [-0.1, -0.05) is 30.3 Å². The number of carbonyl (C=O) groups is 2. The molecule has 2 unspecified atom stereocenters. The molecule has 42 heavy (non-hydrogen) atoms. The summed E-state index contributed by atoms with van der Waals surface area (Å²) in [6.45, 7) is 1.58. The molecule has 1 aliphatic carbocycles. The summed E-state index contributed by atoms with van der Waals surface area (Å²) in [4.78, 5) is 28.3. The number of hydrogen-bond acceptors (Lipinski definition) is 4. The zero-order chi connectivity index (χ0) is 31.0. The average molecular weight is 621 g/mol. The molecular weight excluding hydrogens is 593 g/mol. The Morgan fingerprint density at radius 2 is 1.62 bits per heavy atom. The molecule has 0 saturated carbocycles. The molecule has 2 aromatic carbocycles. The van der Waals surface area contributed by atoms with Crippen molar-refractivity contribution >= 4 is 21.7 Å². The number of aryl methyl sites for hydroxylation is 2. The maximum absolute atomic E-state index is 15.0. The van der Waals surface area contributed by atoms with E-state index in [0.717, 1.165) is 6.07 Å². The Morgan fingerprint density at radius 3 is 2.19 bits per heavy atom. The van der Waals surface area contributed by atoms with Crippen molar-refractivity contribution in [1.82, 2.24) is 9.80 Å². The Morgan fingerprint density at radius 1 is 0.952 bits per heavy atom. The molecular formula is C28H27F7N2O4S. The van der Waals surface area contributed by atoms with E-state index >= 15 is 0 Å². The molecule has 6 nitrogen and oxygen atoms in total. The first kappa shape index (κ1) is 30.3. The van der Waals surface area contributed by atoms with Crippen LogP contribution in [0.1, 0.15) is 47.9 Å². The quantitative estimate of drug-likeness (QED) is 0.445. The number of fused-ring (bicyclic) bond motifs is 3. The number of halogens is 7. The number of benzene rings is 2. The summed E-state index contributed by atoms with van der Waals surface area (Å²) < 4.78 is 123. The number of likely N-dealkylation sites (N-methyl/N-ethyl adjacent to an activating group) is 1. The number of alkyl halides is 7. The van der Waals surface area contributed by atoms with Crippen LogP contribution in [0.15, 0.2) is 47.4 Å². The van der Waals surface area contributed by atoms with Gasteiger partial charge in [0.05, 0.1) is 10.9 Å². The van der Waals surface area contributed by atoms with E-state index in [-0.39, 0.29) is 60.6 Å².